The maximum atomic E-state index is 11.4. The number of carbonyl (C=O) groups is 1. The van der Waals surface area contributed by atoms with Crippen molar-refractivity contribution in [1.29, 1.82) is 0 Å². The van der Waals surface area contributed by atoms with Gasteiger partial charge in [0.15, 0.2) is 0 Å². The number of aliphatic hydroxyl groups is 1. The summed E-state index contributed by atoms with van der Waals surface area (Å²) in [6.07, 6.45) is 5.92. The molecular formula is C16H32O4. The minimum atomic E-state index is -0.694. The Balaban J connectivity index is 3.38. The van der Waals surface area contributed by atoms with Crippen LogP contribution in [0.2, 0.25) is 0 Å². The zero-order valence-electron chi connectivity index (χ0n) is 13.8. The first-order valence-corrected chi connectivity index (χ1v) is 7.65. The molecule has 4 heteroatoms. The highest BCUT2D eigenvalue weighted by molar-refractivity contribution is 5.68. The van der Waals surface area contributed by atoms with Gasteiger partial charge in [0.1, 0.15) is 0 Å². The van der Waals surface area contributed by atoms with Crippen molar-refractivity contribution < 1.29 is 19.7 Å². The first-order valence-electron chi connectivity index (χ1n) is 7.65. The molecule has 0 aliphatic rings. The van der Waals surface area contributed by atoms with Gasteiger partial charge >= 0.3 is 5.97 Å². The van der Waals surface area contributed by atoms with Crippen molar-refractivity contribution in [3.05, 3.63) is 0 Å². The van der Waals surface area contributed by atoms with E-state index in [0.717, 1.165) is 19.3 Å². The van der Waals surface area contributed by atoms with E-state index in [1.165, 1.54) is 6.42 Å². The van der Waals surface area contributed by atoms with Gasteiger partial charge in [-0.2, -0.15) is 4.89 Å². The summed E-state index contributed by atoms with van der Waals surface area (Å²) in [5.41, 5.74) is -0.329. The topological polar surface area (TPSA) is 55.8 Å². The SMILES string of the molecule is CC(C)(C)CCCCCC(=O)OOCCCC(C)(C)O. The van der Waals surface area contributed by atoms with Gasteiger partial charge in [-0.3, -0.25) is 4.89 Å². The summed E-state index contributed by atoms with van der Waals surface area (Å²) in [5.74, 6) is -0.302. The van der Waals surface area contributed by atoms with Crippen molar-refractivity contribution >= 4 is 5.97 Å². The van der Waals surface area contributed by atoms with E-state index in [-0.39, 0.29) is 5.97 Å². The second kappa shape index (κ2) is 9.35. The molecule has 0 saturated carbocycles. The summed E-state index contributed by atoms with van der Waals surface area (Å²) in [4.78, 5) is 20.9. The molecule has 0 aliphatic heterocycles. The molecule has 0 spiro atoms. The molecular weight excluding hydrogens is 256 g/mol. The molecule has 0 rings (SSSR count). The molecule has 0 aromatic heterocycles. The Labute approximate surface area is 123 Å². The summed E-state index contributed by atoms with van der Waals surface area (Å²) >= 11 is 0. The Hall–Kier alpha value is -0.610. The standard InChI is InChI=1S/C16H32O4/c1-15(2,3)11-8-6-7-10-14(17)20-19-13-9-12-16(4,5)18/h18H,6-13H2,1-5H3. The maximum Gasteiger partial charge on any atom is 0.342 e. The molecule has 0 unspecified atom stereocenters. The van der Waals surface area contributed by atoms with Crippen LogP contribution in [0.25, 0.3) is 0 Å². The minimum absolute atomic E-state index is 0.302. The van der Waals surface area contributed by atoms with Crippen LogP contribution in [0.4, 0.5) is 0 Å². The van der Waals surface area contributed by atoms with E-state index in [2.05, 4.69) is 25.7 Å². The predicted molar refractivity (Wildman–Crippen MR) is 80.1 cm³/mol. The fraction of sp³-hybridized carbons (Fsp3) is 0.938. The third-order valence-corrected chi connectivity index (χ3v) is 2.98. The Bertz CT molecular complexity index is 235. The lowest BCUT2D eigenvalue weighted by molar-refractivity contribution is -0.273. The number of rotatable bonds is 10. The lowest BCUT2D eigenvalue weighted by atomic mass is 9.89. The van der Waals surface area contributed by atoms with Gasteiger partial charge in [-0.1, -0.05) is 33.6 Å². The molecule has 0 bridgehead atoms. The van der Waals surface area contributed by atoms with Crippen LogP contribution < -0.4 is 0 Å². The Morgan fingerprint density at radius 1 is 0.950 bits per heavy atom. The summed E-state index contributed by atoms with van der Waals surface area (Å²) in [7, 11) is 0. The quantitative estimate of drug-likeness (QED) is 0.375. The first kappa shape index (κ1) is 19.4. The monoisotopic (exact) mass is 288 g/mol. The van der Waals surface area contributed by atoms with Gasteiger partial charge in [-0.15, -0.1) is 0 Å². The molecule has 0 amide bonds. The van der Waals surface area contributed by atoms with Gasteiger partial charge in [-0.05, 0) is 44.9 Å². The minimum Gasteiger partial charge on any atom is -0.390 e. The molecule has 0 aliphatic carbocycles. The van der Waals surface area contributed by atoms with Crippen LogP contribution in [0, 0.1) is 5.41 Å². The van der Waals surface area contributed by atoms with Crippen molar-refractivity contribution in [3.8, 4) is 0 Å². The average Bonchev–Trinajstić information content (AvgIpc) is 2.25. The fourth-order valence-electron chi connectivity index (χ4n) is 1.81. The van der Waals surface area contributed by atoms with E-state index in [4.69, 9.17) is 4.89 Å². The Morgan fingerprint density at radius 3 is 2.15 bits per heavy atom. The predicted octanol–water partition coefficient (Wildman–Crippen LogP) is 4.01. The highest BCUT2D eigenvalue weighted by Gasteiger charge is 2.12. The fourth-order valence-corrected chi connectivity index (χ4v) is 1.81. The molecule has 0 atom stereocenters. The smallest absolute Gasteiger partial charge is 0.342 e. The Kier molecular flexibility index (Phi) is 9.06. The molecule has 1 N–H and O–H groups in total. The van der Waals surface area contributed by atoms with Crippen LogP contribution in [0.5, 0.6) is 0 Å². The van der Waals surface area contributed by atoms with Gasteiger partial charge in [-0.25, -0.2) is 4.79 Å². The van der Waals surface area contributed by atoms with Crippen molar-refractivity contribution in [3.63, 3.8) is 0 Å². The molecule has 0 heterocycles. The van der Waals surface area contributed by atoms with Gasteiger partial charge in [0, 0.05) is 6.42 Å². The summed E-state index contributed by atoms with van der Waals surface area (Å²) in [5, 5.41) is 9.49. The molecule has 0 saturated heterocycles. The van der Waals surface area contributed by atoms with Gasteiger partial charge in [0.05, 0.1) is 12.2 Å². The number of unbranched alkanes of at least 4 members (excludes halogenated alkanes) is 2. The third kappa shape index (κ3) is 15.4. The highest BCUT2D eigenvalue weighted by Crippen LogP contribution is 2.22. The number of hydrogen-bond acceptors (Lipinski definition) is 4. The molecule has 20 heavy (non-hydrogen) atoms. The van der Waals surface area contributed by atoms with Crippen LogP contribution in [0.15, 0.2) is 0 Å². The van der Waals surface area contributed by atoms with Crippen LogP contribution in [0.1, 0.15) is 79.6 Å². The number of hydrogen-bond donors (Lipinski definition) is 1. The lowest BCUT2D eigenvalue weighted by Gasteiger charge is -2.17. The molecule has 0 radical (unpaired) electrons. The molecule has 0 aromatic carbocycles. The highest BCUT2D eigenvalue weighted by atomic mass is 17.2. The van der Waals surface area contributed by atoms with E-state index in [1.807, 2.05) is 0 Å². The van der Waals surface area contributed by atoms with Crippen molar-refractivity contribution in [2.45, 2.75) is 85.2 Å². The molecule has 120 valence electrons. The van der Waals surface area contributed by atoms with E-state index < -0.39 is 5.60 Å². The lowest BCUT2D eigenvalue weighted by Crippen LogP contribution is -2.19. The van der Waals surface area contributed by atoms with Crippen LogP contribution in [-0.2, 0) is 14.6 Å². The van der Waals surface area contributed by atoms with Gasteiger partial charge in [0.25, 0.3) is 0 Å². The van der Waals surface area contributed by atoms with Gasteiger partial charge in [0.2, 0.25) is 0 Å². The zero-order valence-corrected chi connectivity index (χ0v) is 13.8. The maximum absolute atomic E-state index is 11.4. The summed E-state index contributed by atoms with van der Waals surface area (Å²) in [6, 6.07) is 0. The van der Waals surface area contributed by atoms with Crippen LogP contribution in [0.3, 0.4) is 0 Å². The normalized spacial score (nSPS) is 12.5. The van der Waals surface area contributed by atoms with Crippen LogP contribution in [-0.4, -0.2) is 23.3 Å². The Morgan fingerprint density at radius 2 is 1.60 bits per heavy atom. The van der Waals surface area contributed by atoms with Crippen molar-refractivity contribution in [2.24, 2.45) is 5.41 Å². The average molecular weight is 288 g/mol. The van der Waals surface area contributed by atoms with E-state index in [0.29, 0.717) is 31.3 Å². The van der Waals surface area contributed by atoms with Crippen molar-refractivity contribution in [2.75, 3.05) is 6.61 Å². The van der Waals surface area contributed by atoms with Gasteiger partial charge < -0.3 is 5.11 Å². The molecule has 0 aromatic rings. The van der Waals surface area contributed by atoms with E-state index >= 15 is 0 Å². The van der Waals surface area contributed by atoms with E-state index in [1.54, 1.807) is 13.8 Å². The zero-order chi connectivity index (χ0) is 15.6. The van der Waals surface area contributed by atoms with Crippen molar-refractivity contribution in [1.82, 2.24) is 0 Å². The largest absolute Gasteiger partial charge is 0.390 e. The van der Waals surface area contributed by atoms with E-state index in [9.17, 15) is 9.90 Å². The second-order valence-corrected chi connectivity index (χ2v) is 7.31. The molecule has 4 nitrogen and oxygen atoms in total. The number of carbonyl (C=O) groups excluding carboxylic acids is 1. The first-order chi connectivity index (χ1) is 9.10. The van der Waals surface area contributed by atoms with Crippen LogP contribution >= 0.6 is 0 Å². The summed E-state index contributed by atoms with van der Waals surface area (Å²) in [6.45, 7) is 10.5. The molecule has 0 fully saturated rings. The third-order valence-electron chi connectivity index (χ3n) is 2.98. The second-order valence-electron chi connectivity index (χ2n) is 7.31. The summed E-state index contributed by atoms with van der Waals surface area (Å²) < 4.78 is 0.